The number of piperazine rings is 1. The molecule has 7 heteroatoms. The first-order valence-corrected chi connectivity index (χ1v) is 7.89. The van der Waals surface area contributed by atoms with Gasteiger partial charge in [-0.3, -0.25) is 9.69 Å². The molecule has 1 aliphatic heterocycles. The number of hydrogen-bond donors (Lipinski definition) is 1. The number of halogens is 1. The van der Waals surface area contributed by atoms with Crippen molar-refractivity contribution in [1.29, 1.82) is 0 Å². The second-order valence-corrected chi connectivity index (χ2v) is 6.14. The predicted molar refractivity (Wildman–Crippen MR) is 103 cm³/mol. The number of hydrogen-bond acceptors (Lipinski definition) is 3. The molecule has 6 nitrogen and oxygen atoms in total. The molecule has 0 aromatic rings. The Balaban J connectivity index is 0.00000441. The van der Waals surface area contributed by atoms with Gasteiger partial charge in [0.05, 0.1) is 0 Å². The summed E-state index contributed by atoms with van der Waals surface area (Å²) < 4.78 is 0. The van der Waals surface area contributed by atoms with E-state index in [1.807, 2.05) is 0 Å². The fourth-order valence-electron chi connectivity index (χ4n) is 2.37. The molecule has 0 aromatic carbocycles. The lowest BCUT2D eigenvalue weighted by Gasteiger charge is -2.37. The van der Waals surface area contributed by atoms with Crippen LogP contribution >= 0.6 is 24.0 Å². The van der Waals surface area contributed by atoms with E-state index in [2.05, 4.69) is 40.9 Å². The van der Waals surface area contributed by atoms with Crippen molar-refractivity contribution in [3.8, 4) is 0 Å². The molecule has 1 saturated heterocycles. The van der Waals surface area contributed by atoms with Crippen molar-refractivity contribution >= 4 is 35.8 Å². The average Bonchev–Trinajstić information content (AvgIpc) is 2.43. The SMILES string of the molecule is CCNC(=NCC(=O)N(C)C)N1CCN(CC(C)C)CC1.I. The van der Waals surface area contributed by atoms with E-state index in [4.69, 9.17) is 0 Å². The lowest BCUT2D eigenvalue weighted by Crippen LogP contribution is -2.53. The zero-order valence-corrected chi connectivity index (χ0v) is 17.0. The van der Waals surface area contributed by atoms with Gasteiger partial charge in [0, 0.05) is 53.4 Å². The Labute approximate surface area is 152 Å². The van der Waals surface area contributed by atoms with Crippen molar-refractivity contribution in [3.63, 3.8) is 0 Å². The summed E-state index contributed by atoms with van der Waals surface area (Å²) in [4.78, 5) is 22.5. The summed E-state index contributed by atoms with van der Waals surface area (Å²) in [6.07, 6.45) is 0. The molecule has 1 aliphatic rings. The van der Waals surface area contributed by atoms with Crippen molar-refractivity contribution in [3.05, 3.63) is 0 Å². The molecule has 0 atom stereocenters. The van der Waals surface area contributed by atoms with Gasteiger partial charge in [-0.1, -0.05) is 13.8 Å². The number of nitrogens with one attached hydrogen (secondary N) is 1. The highest BCUT2D eigenvalue weighted by Crippen LogP contribution is 2.05. The second kappa shape index (κ2) is 11.0. The summed E-state index contributed by atoms with van der Waals surface area (Å²) in [5, 5.41) is 3.29. The Bertz CT molecular complexity index is 352. The van der Waals surface area contributed by atoms with Crippen LogP contribution in [0.4, 0.5) is 0 Å². The van der Waals surface area contributed by atoms with Gasteiger partial charge in [0.15, 0.2) is 5.96 Å². The van der Waals surface area contributed by atoms with Crippen LogP contribution in [0.15, 0.2) is 4.99 Å². The topological polar surface area (TPSA) is 51.2 Å². The van der Waals surface area contributed by atoms with Crippen LogP contribution < -0.4 is 5.32 Å². The highest BCUT2D eigenvalue weighted by Gasteiger charge is 2.20. The van der Waals surface area contributed by atoms with E-state index >= 15 is 0 Å². The molecule has 1 N–H and O–H groups in total. The van der Waals surface area contributed by atoms with Gasteiger partial charge < -0.3 is 15.1 Å². The highest BCUT2D eigenvalue weighted by atomic mass is 127. The molecule has 0 aliphatic carbocycles. The fourth-order valence-corrected chi connectivity index (χ4v) is 2.37. The van der Waals surface area contributed by atoms with Crippen LogP contribution in [0.5, 0.6) is 0 Å². The molecule has 1 amide bonds. The first-order chi connectivity index (χ1) is 9.93. The minimum Gasteiger partial charge on any atom is -0.357 e. The number of nitrogens with zero attached hydrogens (tertiary/aromatic N) is 4. The van der Waals surface area contributed by atoms with Crippen LogP contribution in [0, 0.1) is 5.92 Å². The fraction of sp³-hybridized carbons (Fsp3) is 0.867. The summed E-state index contributed by atoms with van der Waals surface area (Å²) in [6.45, 7) is 12.8. The largest absolute Gasteiger partial charge is 0.357 e. The summed E-state index contributed by atoms with van der Waals surface area (Å²) in [5.74, 6) is 1.59. The monoisotopic (exact) mass is 425 g/mol. The Kier molecular flexibility index (Phi) is 10.8. The van der Waals surface area contributed by atoms with E-state index in [0.717, 1.165) is 45.2 Å². The van der Waals surface area contributed by atoms with E-state index in [1.54, 1.807) is 19.0 Å². The van der Waals surface area contributed by atoms with E-state index < -0.39 is 0 Å². The molecule has 1 heterocycles. The van der Waals surface area contributed by atoms with E-state index in [-0.39, 0.29) is 36.4 Å². The molecule has 0 aromatic heterocycles. The van der Waals surface area contributed by atoms with Crippen LogP contribution in [0.1, 0.15) is 20.8 Å². The van der Waals surface area contributed by atoms with Crippen LogP contribution in [0.3, 0.4) is 0 Å². The van der Waals surface area contributed by atoms with Gasteiger partial charge in [0.1, 0.15) is 6.54 Å². The lowest BCUT2D eigenvalue weighted by atomic mass is 10.2. The van der Waals surface area contributed by atoms with Crippen LogP contribution in [-0.2, 0) is 4.79 Å². The Morgan fingerprint density at radius 2 is 1.82 bits per heavy atom. The van der Waals surface area contributed by atoms with Gasteiger partial charge in [0.2, 0.25) is 5.91 Å². The van der Waals surface area contributed by atoms with Crippen LogP contribution in [-0.4, -0.2) is 86.5 Å². The van der Waals surface area contributed by atoms with Gasteiger partial charge in [-0.25, -0.2) is 4.99 Å². The normalized spacial score (nSPS) is 16.5. The zero-order valence-electron chi connectivity index (χ0n) is 14.6. The first kappa shape index (κ1) is 21.4. The summed E-state index contributed by atoms with van der Waals surface area (Å²) in [5.41, 5.74) is 0. The summed E-state index contributed by atoms with van der Waals surface area (Å²) in [7, 11) is 3.52. The quantitative estimate of drug-likeness (QED) is 0.405. The van der Waals surface area contributed by atoms with Crippen molar-refractivity contribution < 1.29 is 4.79 Å². The van der Waals surface area contributed by atoms with E-state index in [9.17, 15) is 4.79 Å². The van der Waals surface area contributed by atoms with Gasteiger partial charge in [-0.2, -0.15) is 0 Å². The van der Waals surface area contributed by atoms with Gasteiger partial charge in [-0.15, -0.1) is 24.0 Å². The number of carbonyl (C=O) groups is 1. The third-order valence-corrected chi connectivity index (χ3v) is 3.49. The number of amides is 1. The van der Waals surface area contributed by atoms with Crippen molar-refractivity contribution in [1.82, 2.24) is 20.0 Å². The summed E-state index contributed by atoms with van der Waals surface area (Å²) >= 11 is 0. The van der Waals surface area contributed by atoms with Gasteiger partial charge in [0.25, 0.3) is 0 Å². The maximum atomic E-state index is 11.7. The number of guanidine groups is 1. The lowest BCUT2D eigenvalue weighted by molar-refractivity contribution is -0.127. The maximum absolute atomic E-state index is 11.7. The van der Waals surface area contributed by atoms with Crippen LogP contribution in [0.25, 0.3) is 0 Å². The predicted octanol–water partition coefficient (Wildman–Crippen LogP) is 0.932. The smallest absolute Gasteiger partial charge is 0.243 e. The van der Waals surface area contributed by atoms with E-state index in [1.165, 1.54) is 0 Å². The highest BCUT2D eigenvalue weighted by molar-refractivity contribution is 14.0. The maximum Gasteiger partial charge on any atom is 0.243 e. The Morgan fingerprint density at radius 3 is 2.27 bits per heavy atom. The van der Waals surface area contributed by atoms with Crippen LogP contribution in [0.2, 0.25) is 0 Å². The molecule has 1 rings (SSSR count). The third-order valence-electron chi connectivity index (χ3n) is 3.49. The molecule has 0 unspecified atom stereocenters. The number of rotatable bonds is 5. The zero-order chi connectivity index (χ0) is 15.8. The second-order valence-electron chi connectivity index (χ2n) is 6.14. The molecule has 130 valence electrons. The Morgan fingerprint density at radius 1 is 1.23 bits per heavy atom. The number of likely N-dealkylation sites (N-methyl/N-ethyl adjacent to an activating group) is 1. The molecular formula is C15H32IN5O. The molecule has 0 saturated carbocycles. The average molecular weight is 425 g/mol. The Hall–Kier alpha value is -0.570. The van der Waals surface area contributed by atoms with Gasteiger partial charge >= 0.3 is 0 Å². The number of carbonyl (C=O) groups excluding carboxylic acids is 1. The van der Waals surface area contributed by atoms with E-state index in [0.29, 0.717) is 5.92 Å². The molecule has 22 heavy (non-hydrogen) atoms. The number of aliphatic imine (C=N–C) groups is 1. The molecule has 0 bridgehead atoms. The van der Waals surface area contributed by atoms with Crippen molar-refractivity contribution in [2.45, 2.75) is 20.8 Å². The third kappa shape index (κ3) is 7.62. The standard InChI is InChI=1S/C15H31N5O.HI/c1-6-16-15(17-11-14(21)18(4)5)20-9-7-19(8-10-20)12-13(2)3;/h13H,6-12H2,1-5H3,(H,16,17);1H. The molecule has 0 spiro atoms. The minimum atomic E-state index is 0. The van der Waals surface area contributed by atoms with Crippen molar-refractivity contribution in [2.75, 3.05) is 59.9 Å². The molecule has 0 radical (unpaired) electrons. The first-order valence-electron chi connectivity index (χ1n) is 7.89. The van der Waals surface area contributed by atoms with Gasteiger partial charge in [-0.05, 0) is 12.8 Å². The minimum absolute atomic E-state index is 0. The molecular weight excluding hydrogens is 393 g/mol. The summed E-state index contributed by atoms with van der Waals surface area (Å²) in [6, 6.07) is 0. The molecule has 1 fully saturated rings. The van der Waals surface area contributed by atoms with Crippen molar-refractivity contribution in [2.24, 2.45) is 10.9 Å².